The van der Waals surface area contributed by atoms with Crippen LogP contribution in [0, 0.1) is 0 Å². The van der Waals surface area contributed by atoms with E-state index in [0.717, 1.165) is 48.8 Å². The Morgan fingerprint density at radius 3 is 1.52 bits per heavy atom. The Hall–Kier alpha value is -3.56. The second-order valence-electron chi connectivity index (χ2n) is 7.59. The van der Waals surface area contributed by atoms with Crippen molar-refractivity contribution in [3.8, 4) is 22.5 Å². The Kier molecular flexibility index (Phi) is 4.29. The lowest BCUT2D eigenvalue weighted by molar-refractivity contribution is 1.30. The summed E-state index contributed by atoms with van der Waals surface area (Å²) in [5, 5.41) is 4.66. The maximum Gasteiger partial charge on any atom is 0.0979 e. The van der Waals surface area contributed by atoms with Crippen LogP contribution in [0.25, 0.3) is 55.1 Å². The molecule has 0 saturated carbocycles. The van der Waals surface area contributed by atoms with Crippen molar-refractivity contribution >= 4 is 48.5 Å². The molecule has 0 atom stereocenters. The van der Waals surface area contributed by atoms with E-state index in [4.69, 9.17) is 9.97 Å². The van der Waals surface area contributed by atoms with Crippen LogP contribution in [0.4, 0.5) is 0 Å². The molecule has 0 saturated heterocycles. The lowest BCUT2D eigenvalue weighted by atomic mass is 9.98. The summed E-state index contributed by atoms with van der Waals surface area (Å²) in [6.45, 7) is 0. The molecule has 0 aliphatic carbocycles. The molecule has 0 fully saturated rings. The summed E-state index contributed by atoms with van der Waals surface area (Å²) in [5.41, 5.74) is 5.76. The van der Waals surface area contributed by atoms with Crippen LogP contribution >= 0.6 is 15.9 Å². The molecule has 0 N–H and O–H groups in total. The van der Waals surface area contributed by atoms with Crippen LogP contribution in [0.1, 0.15) is 0 Å². The van der Waals surface area contributed by atoms with Crippen molar-refractivity contribution in [1.29, 1.82) is 0 Å². The number of hydrogen-bond donors (Lipinski definition) is 0. The number of hydrogen-bond acceptors (Lipinski definition) is 2. The number of benzene rings is 5. The largest absolute Gasteiger partial charge is 0.243 e. The molecule has 0 spiro atoms. The van der Waals surface area contributed by atoms with Crippen molar-refractivity contribution in [2.24, 2.45) is 0 Å². The average molecular weight is 461 g/mol. The zero-order valence-electron chi connectivity index (χ0n) is 16.6. The van der Waals surface area contributed by atoms with E-state index in [0.29, 0.717) is 0 Å². The van der Waals surface area contributed by atoms with Gasteiger partial charge in [0.2, 0.25) is 0 Å². The number of nitrogens with zero attached hydrogens (tertiary/aromatic N) is 2. The molecule has 0 bridgehead atoms. The minimum absolute atomic E-state index is 0.889. The Morgan fingerprint density at radius 1 is 0.452 bits per heavy atom. The van der Waals surface area contributed by atoms with Gasteiger partial charge in [0.05, 0.1) is 22.4 Å². The van der Waals surface area contributed by atoms with Crippen molar-refractivity contribution in [3.05, 3.63) is 108 Å². The van der Waals surface area contributed by atoms with Gasteiger partial charge in [0.15, 0.2) is 0 Å². The third-order valence-corrected chi connectivity index (χ3v) is 6.19. The van der Waals surface area contributed by atoms with Crippen LogP contribution in [0.5, 0.6) is 0 Å². The van der Waals surface area contributed by atoms with Crippen LogP contribution in [0.2, 0.25) is 0 Å². The van der Waals surface area contributed by atoms with Gasteiger partial charge in [-0.15, -0.1) is 0 Å². The first-order valence-electron chi connectivity index (χ1n) is 10.2. The topological polar surface area (TPSA) is 25.8 Å². The van der Waals surface area contributed by atoms with Gasteiger partial charge < -0.3 is 0 Å². The second kappa shape index (κ2) is 7.29. The molecule has 31 heavy (non-hydrogen) atoms. The summed E-state index contributed by atoms with van der Waals surface area (Å²) in [6, 6.07) is 35.5. The molecule has 5 aromatic carbocycles. The van der Waals surface area contributed by atoms with Crippen LogP contribution in [0.3, 0.4) is 0 Å². The number of halogens is 1. The Morgan fingerprint density at radius 2 is 0.935 bits per heavy atom. The second-order valence-corrected chi connectivity index (χ2v) is 8.50. The highest BCUT2D eigenvalue weighted by molar-refractivity contribution is 9.10. The molecule has 6 rings (SSSR count). The van der Waals surface area contributed by atoms with E-state index >= 15 is 0 Å². The number of rotatable bonds is 2. The zero-order chi connectivity index (χ0) is 20.8. The van der Waals surface area contributed by atoms with Gasteiger partial charge in [-0.05, 0) is 22.9 Å². The molecule has 6 aromatic rings. The first-order chi connectivity index (χ1) is 15.3. The summed E-state index contributed by atoms with van der Waals surface area (Å²) < 4.78 is 1.02. The average Bonchev–Trinajstić information content (AvgIpc) is 2.84. The van der Waals surface area contributed by atoms with E-state index in [1.807, 2.05) is 30.3 Å². The summed E-state index contributed by atoms with van der Waals surface area (Å²) in [5.74, 6) is 0. The minimum Gasteiger partial charge on any atom is -0.243 e. The van der Waals surface area contributed by atoms with Crippen molar-refractivity contribution in [2.75, 3.05) is 0 Å². The van der Waals surface area contributed by atoms with E-state index in [2.05, 4.69) is 88.7 Å². The number of fused-ring (bicyclic) bond motifs is 6. The van der Waals surface area contributed by atoms with Crippen LogP contribution < -0.4 is 0 Å². The van der Waals surface area contributed by atoms with E-state index in [1.165, 1.54) is 10.8 Å². The molecule has 0 radical (unpaired) electrons. The first-order valence-corrected chi connectivity index (χ1v) is 11.0. The van der Waals surface area contributed by atoms with Gasteiger partial charge in [0.1, 0.15) is 0 Å². The molecule has 0 unspecified atom stereocenters. The van der Waals surface area contributed by atoms with E-state index in [1.54, 1.807) is 0 Å². The molecule has 2 nitrogen and oxygen atoms in total. The highest BCUT2D eigenvalue weighted by Gasteiger charge is 2.17. The predicted molar refractivity (Wildman–Crippen MR) is 133 cm³/mol. The molecular formula is C28H17BrN2. The van der Waals surface area contributed by atoms with Gasteiger partial charge in [-0.25, -0.2) is 9.97 Å². The van der Waals surface area contributed by atoms with Gasteiger partial charge in [-0.2, -0.15) is 0 Å². The van der Waals surface area contributed by atoms with Crippen molar-refractivity contribution < 1.29 is 0 Å². The van der Waals surface area contributed by atoms with Gasteiger partial charge in [0.25, 0.3) is 0 Å². The van der Waals surface area contributed by atoms with E-state index in [-0.39, 0.29) is 0 Å². The number of aromatic nitrogens is 2. The van der Waals surface area contributed by atoms with Crippen molar-refractivity contribution in [2.45, 2.75) is 0 Å². The zero-order valence-corrected chi connectivity index (χ0v) is 18.2. The molecule has 0 aliphatic rings. The first kappa shape index (κ1) is 18.2. The maximum atomic E-state index is 5.26. The highest BCUT2D eigenvalue weighted by Crippen LogP contribution is 2.38. The van der Waals surface area contributed by atoms with Gasteiger partial charge in [-0.1, -0.05) is 107 Å². The summed E-state index contributed by atoms with van der Waals surface area (Å²) in [6.07, 6.45) is 0. The van der Waals surface area contributed by atoms with Crippen LogP contribution in [-0.2, 0) is 0 Å². The molecule has 1 aromatic heterocycles. The Bertz CT molecular complexity index is 1590. The third-order valence-electron chi connectivity index (χ3n) is 5.70. The van der Waals surface area contributed by atoms with Gasteiger partial charge in [0, 0.05) is 26.4 Å². The lowest BCUT2D eigenvalue weighted by Gasteiger charge is -2.14. The quantitative estimate of drug-likeness (QED) is 0.244. The molecular weight excluding hydrogens is 444 g/mol. The molecule has 1 heterocycles. The predicted octanol–water partition coefficient (Wildman–Crippen LogP) is 8.03. The molecule has 146 valence electrons. The van der Waals surface area contributed by atoms with Crippen LogP contribution in [-0.4, -0.2) is 9.97 Å². The monoisotopic (exact) mass is 460 g/mol. The van der Waals surface area contributed by atoms with Gasteiger partial charge >= 0.3 is 0 Å². The summed E-state index contributed by atoms with van der Waals surface area (Å²) >= 11 is 3.61. The van der Waals surface area contributed by atoms with E-state index in [9.17, 15) is 0 Å². The van der Waals surface area contributed by atoms with Gasteiger partial charge in [-0.3, -0.25) is 0 Å². The lowest BCUT2D eigenvalue weighted by Crippen LogP contribution is -1.97. The molecule has 3 heteroatoms. The van der Waals surface area contributed by atoms with Crippen LogP contribution in [0.15, 0.2) is 108 Å². The van der Waals surface area contributed by atoms with Crippen molar-refractivity contribution in [3.63, 3.8) is 0 Å². The molecule has 0 amide bonds. The fraction of sp³-hybridized carbons (Fsp3) is 0. The fourth-order valence-corrected chi connectivity index (χ4v) is 4.69. The standard InChI is InChI=1S/C28H17BrN2/c29-20-12-8-11-19(17-20)26-25(18-9-2-1-3-10-18)30-27-23-15-6-4-13-21(23)22-14-5-7-16-24(22)28(27)31-26/h1-17H. The Labute approximate surface area is 188 Å². The Balaban J connectivity index is 1.83. The molecule has 0 aliphatic heterocycles. The normalized spacial score (nSPS) is 11.4. The smallest absolute Gasteiger partial charge is 0.0979 e. The fourth-order valence-electron chi connectivity index (χ4n) is 4.29. The minimum atomic E-state index is 0.889. The third kappa shape index (κ3) is 3.01. The highest BCUT2D eigenvalue weighted by atomic mass is 79.9. The van der Waals surface area contributed by atoms with Crippen molar-refractivity contribution in [1.82, 2.24) is 9.97 Å². The SMILES string of the molecule is Brc1cccc(-c2nc3c4ccccc4c4ccccc4c3nc2-c2ccccc2)c1. The summed E-state index contributed by atoms with van der Waals surface area (Å²) in [7, 11) is 0. The maximum absolute atomic E-state index is 5.26. The summed E-state index contributed by atoms with van der Waals surface area (Å²) in [4.78, 5) is 10.5. The van der Waals surface area contributed by atoms with E-state index < -0.39 is 0 Å².